The van der Waals surface area contributed by atoms with E-state index < -0.39 is 0 Å². The van der Waals surface area contributed by atoms with Crippen molar-refractivity contribution in [3.8, 4) is 0 Å². The number of aromatic amines is 1. The molecule has 5 heteroatoms. The summed E-state index contributed by atoms with van der Waals surface area (Å²) in [6.45, 7) is 11.0. The molecule has 5 nitrogen and oxygen atoms in total. The van der Waals surface area contributed by atoms with Gasteiger partial charge in [0.15, 0.2) is 0 Å². The molecule has 0 amide bonds. The van der Waals surface area contributed by atoms with Crippen LogP contribution in [0.25, 0.3) is 0 Å². The average molecular weight is 294 g/mol. The molecule has 2 rings (SSSR count). The zero-order chi connectivity index (χ0) is 15.3. The second kappa shape index (κ2) is 7.38. The SMILES string of the molecule is CC(C)(C)c1[nH]ncc1CNC[C@@H](O)CN1CCCCC1. The van der Waals surface area contributed by atoms with E-state index in [4.69, 9.17) is 0 Å². The fourth-order valence-electron chi connectivity index (χ4n) is 2.97. The number of H-pyrrole nitrogens is 1. The van der Waals surface area contributed by atoms with Crippen molar-refractivity contribution < 1.29 is 5.11 Å². The Morgan fingerprint density at radius 2 is 2.05 bits per heavy atom. The molecule has 1 saturated heterocycles. The molecule has 0 unspecified atom stereocenters. The van der Waals surface area contributed by atoms with Crippen LogP contribution >= 0.6 is 0 Å². The first kappa shape index (κ1) is 16.5. The quantitative estimate of drug-likeness (QED) is 0.746. The van der Waals surface area contributed by atoms with Crippen LogP contribution in [0.5, 0.6) is 0 Å². The van der Waals surface area contributed by atoms with Gasteiger partial charge in [0.2, 0.25) is 0 Å². The molecule has 0 spiro atoms. The normalized spacial score (nSPS) is 18.9. The largest absolute Gasteiger partial charge is 0.390 e. The van der Waals surface area contributed by atoms with E-state index >= 15 is 0 Å². The summed E-state index contributed by atoms with van der Waals surface area (Å²) in [5, 5.41) is 20.7. The maximum atomic E-state index is 10.1. The highest BCUT2D eigenvalue weighted by Gasteiger charge is 2.20. The molecule has 1 aliphatic heterocycles. The number of hydrogen-bond donors (Lipinski definition) is 3. The van der Waals surface area contributed by atoms with E-state index in [9.17, 15) is 5.11 Å². The summed E-state index contributed by atoms with van der Waals surface area (Å²) in [5.74, 6) is 0. The predicted molar refractivity (Wildman–Crippen MR) is 85.3 cm³/mol. The van der Waals surface area contributed by atoms with E-state index in [2.05, 4.69) is 41.2 Å². The van der Waals surface area contributed by atoms with Gasteiger partial charge in [-0.1, -0.05) is 27.2 Å². The Morgan fingerprint density at radius 3 is 2.71 bits per heavy atom. The van der Waals surface area contributed by atoms with Crippen molar-refractivity contribution in [2.24, 2.45) is 0 Å². The Morgan fingerprint density at radius 1 is 1.33 bits per heavy atom. The van der Waals surface area contributed by atoms with Crippen LogP contribution in [0, 0.1) is 0 Å². The number of β-amino-alcohol motifs (C(OH)–C–C–N with tert-alkyl or cyclic N) is 1. The van der Waals surface area contributed by atoms with E-state index in [0.29, 0.717) is 6.54 Å². The first-order valence-electron chi connectivity index (χ1n) is 8.10. The third-order valence-electron chi connectivity index (χ3n) is 4.08. The predicted octanol–water partition coefficient (Wildman–Crippen LogP) is 1.64. The van der Waals surface area contributed by atoms with E-state index in [1.165, 1.54) is 30.5 Å². The molecule has 1 aromatic rings. The van der Waals surface area contributed by atoms with E-state index in [0.717, 1.165) is 26.2 Å². The van der Waals surface area contributed by atoms with Gasteiger partial charge < -0.3 is 15.3 Å². The van der Waals surface area contributed by atoms with Crippen LogP contribution in [-0.4, -0.2) is 52.5 Å². The highest BCUT2D eigenvalue weighted by atomic mass is 16.3. The monoisotopic (exact) mass is 294 g/mol. The lowest BCUT2D eigenvalue weighted by Gasteiger charge is -2.28. The molecule has 1 aliphatic rings. The maximum Gasteiger partial charge on any atom is 0.0791 e. The van der Waals surface area contributed by atoms with Crippen molar-refractivity contribution in [3.63, 3.8) is 0 Å². The van der Waals surface area contributed by atoms with Crippen LogP contribution in [-0.2, 0) is 12.0 Å². The molecule has 120 valence electrons. The minimum absolute atomic E-state index is 0.0694. The minimum atomic E-state index is -0.298. The van der Waals surface area contributed by atoms with E-state index in [1.807, 2.05) is 6.20 Å². The molecule has 0 saturated carbocycles. The third-order valence-corrected chi connectivity index (χ3v) is 4.08. The summed E-state index contributed by atoms with van der Waals surface area (Å²) in [4.78, 5) is 2.37. The summed E-state index contributed by atoms with van der Waals surface area (Å²) in [7, 11) is 0. The Labute approximate surface area is 128 Å². The average Bonchev–Trinajstić information content (AvgIpc) is 2.88. The molecule has 1 fully saturated rings. The number of aliphatic hydroxyl groups is 1. The minimum Gasteiger partial charge on any atom is -0.390 e. The first-order valence-corrected chi connectivity index (χ1v) is 8.10. The van der Waals surface area contributed by atoms with Gasteiger partial charge in [-0.3, -0.25) is 5.10 Å². The molecule has 2 heterocycles. The molecular formula is C16H30N4O. The van der Waals surface area contributed by atoms with Gasteiger partial charge in [0, 0.05) is 36.3 Å². The van der Waals surface area contributed by atoms with Gasteiger partial charge in [0.1, 0.15) is 0 Å². The lowest BCUT2D eigenvalue weighted by Crippen LogP contribution is -2.40. The van der Waals surface area contributed by atoms with Gasteiger partial charge in [0.25, 0.3) is 0 Å². The van der Waals surface area contributed by atoms with Crippen LogP contribution in [0.3, 0.4) is 0 Å². The summed E-state index contributed by atoms with van der Waals surface area (Å²) in [6, 6.07) is 0. The standard InChI is InChI=1S/C16H30N4O/c1-16(2,3)15-13(10-18-19-15)9-17-11-14(21)12-20-7-5-4-6-8-20/h10,14,17,21H,4-9,11-12H2,1-3H3,(H,18,19)/t14-/m1/s1. The number of rotatable bonds is 6. The van der Waals surface area contributed by atoms with Crippen molar-refractivity contribution >= 4 is 0 Å². The number of aromatic nitrogens is 2. The molecule has 1 atom stereocenters. The Bertz CT molecular complexity index is 418. The summed E-state index contributed by atoms with van der Waals surface area (Å²) < 4.78 is 0. The van der Waals surface area contributed by atoms with Crippen LogP contribution in [0.2, 0.25) is 0 Å². The van der Waals surface area contributed by atoms with Crippen LogP contribution in [0.15, 0.2) is 6.20 Å². The second-order valence-corrected chi connectivity index (χ2v) is 7.17. The zero-order valence-electron chi connectivity index (χ0n) is 13.7. The number of nitrogens with one attached hydrogen (secondary N) is 2. The maximum absolute atomic E-state index is 10.1. The highest BCUT2D eigenvalue weighted by molar-refractivity contribution is 5.23. The van der Waals surface area contributed by atoms with Gasteiger partial charge >= 0.3 is 0 Å². The highest BCUT2D eigenvalue weighted by Crippen LogP contribution is 2.23. The fourth-order valence-corrected chi connectivity index (χ4v) is 2.97. The number of hydrogen-bond acceptors (Lipinski definition) is 4. The van der Waals surface area contributed by atoms with E-state index in [-0.39, 0.29) is 11.5 Å². The number of likely N-dealkylation sites (tertiary alicyclic amines) is 1. The smallest absolute Gasteiger partial charge is 0.0791 e. The van der Waals surface area contributed by atoms with Gasteiger partial charge in [0.05, 0.1) is 12.3 Å². The molecule has 0 aliphatic carbocycles. The topological polar surface area (TPSA) is 64.2 Å². The Balaban J connectivity index is 1.72. The van der Waals surface area contributed by atoms with Gasteiger partial charge in [-0.25, -0.2) is 0 Å². The molecule has 21 heavy (non-hydrogen) atoms. The van der Waals surface area contributed by atoms with Crippen molar-refractivity contribution in [1.82, 2.24) is 20.4 Å². The first-order chi connectivity index (χ1) is 9.97. The lowest BCUT2D eigenvalue weighted by atomic mass is 9.89. The van der Waals surface area contributed by atoms with Crippen LogP contribution in [0.1, 0.15) is 51.3 Å². The fraction of sp³-hybridized carbons (Fsp3) is 0.812. The number of nitrogens with zero attached hydrogens (tertiary/aromatic N) is 2. The molecule has 3 N–H and O–H groups in total. The van der Waals surface area contributed by atoms with Crippen LogP contribution < -0.4 is 5.32 Å². The molecule has 0 radical (unpaired) electrons. The van der Waals surface area contributed by atoms with Crippen molar-refractivity contribution in [1.29, 1.82) is 0 Å². The lowest BCUT2D eigenvalue weighted by molar-refractivity contribution is 0.1000. The van der Waals surface area contributed by atoms with Gasteiger partial charge in [-0.05, 0) is 25.9 Å². The Kier molecular flexibility index (Phi) is 5.79. The van der Waals surface area contributed by atoms with Crippen molar-refractivity contribution in [2.45, 2.75) is 58.1 Å². The molecule has 1 aromatic heterocycles. The zero-order valence-corrected chi connectivity index (χ0v) is 13.7. The van der Waals surface area contributed by atoms with Crippen LogP contribution in [0.4, 0.5) is 0 Å². The van der Waals surface area contributed by atoms with Gasteiger partial charge in [-0.2, -0.15) is 5.10 Å². The van der Waals surface area contributed by atoms with E-state index in [1.54, 1.807) is 0 Å². The third kappa shape index (κ3) is 5.09. The van der Waals surface area contributed by atoms with Crippen molar-refractivity contribution in [2.75, 3.05) is 26.2 Å². The molecular weight excluding hydrogens is 264 g/mol. The summed E-state index contributed by atoms with van der Waals surface area (Å²) in [5.41, 5.74) is 2.42. The molecule has 0 aromatic carbocycles. The summed E-state index contributed by atoms with van der Waals surface area (Å²) >= 11 is 0. The number of aliphatic hydroxyl groups excluding tert-OH is 1. The second-order valence-electron chi connectivity index (χ2n) is 7.17. The van der Waals surface area contributed by atoms with Gasteiger partial charge in [-0.15, -0.1) is 0 Å². The Hall–Kier alpha value is -0.910. The van der Waals surface area contributed by atoms with Crippen molar-refractivity contribution in [3.05, 3.63) is 17.5 Å². The molecule has 0 bridgehead atoms. The summed E-state index contributed by atoms with van der Waals surface area (Å²) in [6.07, 6.45) is 5.45. The number of piperidine rings is 1.